The van der Waals surface area contributed by atoms with Crippen LogP contribution < -0.4 is 4.90 Å². The lowest BCUT2D eigenvalue weighted by Gasteiger charge is -2.36. The lowest BCUT2D eigenvalue weighted by atomic mass is 10.1. The number of carbonyl (C=O) groups excluding carboxylic acids is 1. The topological polar surface area (TPSA) is 61.6 Å². The molecule has 140 valence electrons. The molecule has 2 aromatic rings. The van der Waals surface area contributed by atoms with Crippen LogP contribution in [0.3, 0.4) is 0 Å². The molecule has 1 aromatic carbocycles. The Morgan fingerprint density at radius 1 is 1.27 bits per heavy atom. The van der Waals surface area contributed by atoms with E-state index in [-0.39, 0.29) is 19.1 Å². The molecule has 0 unspecified atom stereocenters. The predicted octanol–water partition coefficient (Wildman–Crippen LogP) is 3.10. The third-order valence-electron chi connectivity index (χ3n) is 4.58. The Morgan fingerprint density at radius 3 is 2.54 bits per heavy atom. The van der Waals surface area contributed by atoms with E-state index in [4.69, 9.17) is 23.2 Å². The van der Waals surface area contributed by atoms with Crippen molar-refractivity contribution in [2.45, 2.75) is 20.1 Å². The molecule has 1 saturated heterocycles. The molecule has 0 saturated carbocycles. The van der Waals surface area contributed by atoms with Gasteiger partial charge in [0.15, 0.2) is 0 Å². The maximum absolute atomic E-state index is 12.6. The van der Waals surface area contributed by atoms with Crippen LogP contribution in [0.25, 0.3) is 0 Å². The molecule has 26 heavy (non-hydrogen) atoms. The number of amides is 1. The lowest BCUT2D eigenvalue weighted by Crippen LogP contribution is -2.49. The number of rotatable bonds is 4. The Bertz CT molecular complexity index is 819. The van der Waals surface area contributed by atoms with E-state index in [0.717, 1.165) is 24.5 Å². The summed E-state index contributed by atoms with van der Waals surface area (Å²) in [5, 5.41) is 14.7. The monoisotopic (exact) mass is 460 g/mol. The summed E-state index contributed by atoms with van der Waals surface area (Å²) in [6.07, 6.45) is 0. The van der Waals surface area contributed by atoms with Gasteiger partial charge in [0.1, 0.15) is 11.1 Å². The number of nitrogens with zero attached hydrogens (tertiary/aromatic N) is 4. The Labute approximate surface area is 170 Å². The second kappa shape index (κ2) is 8.17. The summed E-state index contributed by atoms with van der Waals surface area (Å²) in [5.74, 6) is 0.0200. The van der Waals surface area contributed by atoms with Crippen LogP contribution in [0.4, 0.5) is 5.69 Å². The normalized spacial score (nSPS) is 14.8. The predicted molar refractivity (Wildman–Crippen MR) is 106 cm³/mol. The van der Waals surface area contributed by atoms with Crippen molar-refractivity contribution in [1.29, 1.82) is 0 Å². The molecule has 0 bridgehead atoms. The highest BCUT2D eigenvalue weighted by Gasteiger charge is 2.23. The van der Waals surface area contributed by atoms with E-state index in [1.807, 2.05) is 24.0 Å². The minimum absolute atomic E-state index is 0.0200. The Morgan fingerprint density at radius 2 is 1.96 bits per heavy atom. The van der Waals surface area contributed by atoms with E-state index in [1.165, 1.54) is 0 Å². The summed E-state index contributed by atoms with van der Waals surface area (Å²) in [7, 11) is 0. The molecule has 2 heterocycles. The first-order chi connectivity index (χ1) is 12.4. The second-order valence-corrected chi connectivity index (χ2v) is 7.69. The number of anilines is 1. The van der Waals surface area contributed by atoms with Crippen molar-refractivity contribution in [3.05, 3.63) is 44.1 Å². The number of halogens is 3. The average Bonchev–Trinajstić information content (AvgIpc) is 2.89. The molecule has 1 amide bonds. The third kappa shape index (κ3) is 4.01. The van der Waals surface area contributed by atoms with Crippen LogP contribution in [0.1, 0.15) is 11.3 Å². The van der Waals surface area contributed by atoms with Gasteiger partial charge in [-0.3, -0.25) is 9.48 Å². The van der Waals surface area contributed by atoms with Crippen LogP contribution in [0, 0.1) is 6.92 Å². The molecule has 1 N–H and O–H groups in total. The zero-order valence-corrected chi connectivity index (χ0v) is 17.4. The minimum atomic E-state index is -0.0908. The fourth-order valence-electron chi connectivity index (χ4n) is 2.96. The lowest BCUT2D eigenvalue weighted by molar-refractivity contribution is -0.132. The molecule has 6 nitrogen and oxygen atoms in total. The van der Waals surface area contributed by atoms with Crippen molar-refractivity contribution in [3.8, 4) is 0 Å². The first-order valence-electron chi connectivity index (χ1n) is 8.21. The summed E-state index contributed by atoms with van der Waals surface area (Å²) >= 11 is 15.4. The van der Waals surface area contributed by atoms with E-state index in [0.29, 0.717) is 33.3 Å². The van der Waals surface area contributed by atoms with Crippen molar-refractivity contribution in [3.63, 3.8) is 0 Å². The Kier molecular flexibility index (Phi) is 6.12. The quantitative estimate of drug-likeness (QED) is 0.759. The van der Waals surface area contributed by atoms with E-state index >= 15 is 0 Å². The number of benzene rings is 1. The number of aliphatic hydroxyl groups excluding tert-OH is 1. The smallest absolute Gasteiger partial charge is 0.244 e. The van der Waals surface area contributed by atoms with Crippen LogP contribution >= 0.6 is 39.1 Å². The fraction of sp³-hybridized carbons (Fsp3) is 0.412. The van der Waals surface area contributed by atoms with Gasteiger partial charge in [-0.1, -0.05) is 23.2 Å². The molecule has 1 aliphatic rings. The zero-order valence-electron chi connectivity index (χ0n) is 14.3. The maximum Gasteiger partial charge on any atom is 0.244 e. The number of aromatic nitrogens is 2. The van der Waals surface area contributed by atoms with Gasteiger partial charge in [-0.15, -0.1) is 0 Å². The molecule has 1 fully saturated rings. The first-order valence-corrected chi connectivity index (χ1v) is 9.76. The Hall–Kier alpha value is -1.28. The van der Waals surface area contributed by atoms with Crippen LogP contribution in [0.2, 0.25) is 10.0 Å². The van der Waals surface area contributed by atoms with Gasteiger partial charge >= 0.3 is 0 Å². The number of aliphatic hydroxyl groups is 1. The molecule has 1 aromatic heterocycles. The summed E-state index contributed by atoms with van der Waals surface area (Å²) in [4.78, 5) is 16.6. The highest BCUT2D eigenvalue weighted by atomic mass is 79.9. The van der Waals surface area contributed by atoms with Gasteiger partial charge in [-0.05, 0) is 46.6 Å². The molecule has 3 rings (SSSR count). The van der Waals surface area contributed by atoms with E-state index in [9.17, 15) is 9.90 Å². The van der Waals surface area contributed by atoms with Gasteiger partial charge in [-0.25, -0.2) is 0 Å². The van der Waals surface area contributed by atoms with Crippen molar-refractivity contribution in [2.24, 2.45) is 0 Å². The fourth-order valence-corrected chi connectivity index (χ4v) is 3.75. The van der Waals surface area contributed by atoms with Gasteiger partial charge < -0.3 is 14.9 Å². The summed E-state index contributed by atoms with van der Waals surface area (Å²) < 4.78 is 2.17. The Balaban J connectivity index is 1.61. The van der Waals surface area contributed by atoms with Crippen molar-refractivity contribution < 1.29 is 9.90 Å². The molecule has 0 atom stereocenters. The van der Waals surface area contributed by atoms with E-state index in [2.05, 4.69) is 25.9 Å². The van der Waals surface area contributed by atoms with Crippen LogP contribution in [0.5, 0.6) is 0 Å². The average molecular weight is 462 g/mol. The highest BCUT2D eigenvalue weighted by Crippen LogP contribution is 2.26. The van der Waals surface area contributed by atoms with E-state index < -0.39 is 0 Å². The van der Waals surface area contributed by atoms with Gasteiger partial charge in [0, 0.05) is 36.9 Å². The highest BCUT2D eigenvalue weighted by molar-refractivity contribution is 9.10. The minimum Gasteiger partial charge on any atom is -0.392 e. The zero-order chi connectivity index (χ0) is 18.8. The van der Waals surface area contributed by atoms with Crippen molar-refractivity contribution in [1.82, 2.24) is 14.7 Å². The largest absolute Gasteiger partial charge is 0.392 e. The molecule has 0 spiro atoms. The molecule has 0 aliphatic carbocycles. The van der Waals surface area contributed by atoms with Crippen LogP contribution in [-0.2, 0) is 17.9 Å². The van der Waals surface area contributed by atoms with Gasteiger partial charge in [-0.2, -0.15) is 5.10 Å². The summed E-state index contributed by atoms with van der Waals surface area (Å²) in [6, 6.07) is 5.63. The van der Waals surface area contributed by atoms with Gasteiger partial charge in [0.25, 0.3) is 0 Å². The number of piperazine rings is 1. The van der Waals surface area contributed by atoms with Crippen LogP contribution in [0.15, 0.2) is 22.8 Å². The standard InChI is InChI=1S/C17H19BrCl2N4O2/c1-11-16(20)17(18)21-24(11)9-15(26)23-6-4-22(5-7-23)13-2-3-14(19)12(8-13)10-25/h2-3,8,25H,4-7,9-10H2,1H3. The SMILES string of the molecule is Cc1c(Cl)c(Br)nn1CC(=O)N1CCN(c2ccc(Cl)c(CO)c2)CC1. The van der Waals surface area contributed by atoms with E-state index in [1.54, 1.807) is 10.7 Å². The van der Waals surface area contributed by atoms with Crippen molar-refractivity contribution in [2.75, 3.05) is 31.1 Å². The first kappa shape index (κ1) is 19.5. The van der Waals surface area contributed by atoms with Crippen LogP contribution in [-0.4, -0.2) is 51.9 Å². The molecular formula is C17H19BrCl2N4O2. The summed E-state index contributed by atoms with van der Waals surface area (Å²) in [6.45, 7) is 4.63. The number of hydrogen-bond acceptors (Lipinski definition) is 4. The number of hydrogen-bond donors (Lipinski definition) is 1. The second-order valence-electron chi connectivity index (χ2n) is 6.15. The summed E-state index contributed by atoms with van der Waals surface area (Å²) in [5.41, 5.74) is 2.48. The van der Waals surface area contributed by atoms with Gasteiger partial charge in [0.2, 0.25) is 5.91 Å². The molecule has 9 heteroatoms. The maximum atomic E-state index is 12.6. The number of carbonyl (C=O) groups is 1. The van der Waals surface area contributed by atoms with Gasteiger partial charge in [0.05, 0.1) is 17.3 Å². The molecule has 0 radical (unpaired) electrons. The molecule has 1 aliphatic heterocycles. The third-order valence-corrected chi connectivity index (χ3v) is 6.18. The molecular weight excluding hydrogens is 443 g/mol. The van der Waals surface area contributed by atoms with Crippen molar-refractivity contribution >= 4 is 50.7 Å².